The van der Waals surface area contributed by atoms with Crippen LogP contribution in [0.3, 0.4) is 0 Å². The Morgan fingerprint density at radius 2 is 2.00 bits per heavy atom. The Hall–Kier alpha value is -2.08. The highest BCUT2D eigenvalue weighted by Crippen LogP contribution is 2.30. The molecule has 6 heteroatoms. The van der Waals surface area contributed by atoms with E-state index in [0.29, 0.717) is 13.1 Å². The number of anilines is 1. The van der Waals surface area contributed by atoms with Crippen LogP contribution < -0.4 is 4.90 Å². The molecule has 25 heavy (non-hydrogen) atoms. The van der Waals surface area contributed by atoms with Crippen molar-refractivity contribution in [1.82, 2.24) is 4.90 Å². The van der Waals surface area contributed by atoms with E-state index in [1.165, 1.54) is 7.11 Å². The van der Waals surface area contributed by atoms with Crippen LogP contribution in [0.1, 0.15) is 19.3 Å². The predicted octanol–water partition coefficient (Wildman–Crippen LogP) is 2.10. The Kier molecular flexibility index (Phi) is 7.25. The number of aliphatic carboxylic acids is 1. The Morgan fingerprint density at radius 3 is 2.64 bits per heavy atom. The molecule has 1 aromatic rings. The molecule has 6 nitrogen and oxygen atoms in total. The predicted molar refractivity (Wildman–Crippen MR) is 96.6 cm³/mol. The quantitative estimate of drug-likeness (QED) is 0.779. The van der Waals surface area contributed by atoms with Crippen LogP contribution in [0.2, 0.25) is 0 Å². The average molecular weight is 348 g/mol. The molecule has 1 aliphatic rings. The number of piperidine rings is 1. The van der Waals surface area contributed by atoms with Crippen molar-refractivity contribution in [1.29, 1.82) is 0 Å². The zero-order valence-corrected chi connectivity index (χ0v) is 15.1. The molecule has 2 atom stereocenters. The Labute approximate surface area is 149 Å². The fourth-order valence-electron chi connectivity index (χ4n) is 3.51. The molecule has 2 rings (SSSR count). The fourth-order valence-corrected chi connectivity index (χ4v) is 3.51. The number of amides is 1. The van der Waals surface area contributed by atoms with Gasteiger partial charge >= 0.3 is 5.97 Å². The third kappa shape index (κ3) is 5.74. The number of nitrogens with zero attached hydrogens (tertiary/aromatic N) is 2. The van der Waals surface area contributed by atoms with Crippen molar-refractivity contribution in [2.45, 2.75) is 19.3 Å². The molecule has 1 fully saturated rings. The molecule has 0 aliphatic carbocycles. The van der Waals surface area contributed by atoms with E-state index in [1.54, 1.807) is 0 Å². The average Bonchev–Trinajstić information content (AvgIpc) is 2.61. The topological polar surface area (TPSA) is 70.1 Å². The maximum Gasteiger partial charge on any atom is 0.303 e. The highest BCUT2D eigenvalue weighted by Gasteiger charge is 2.32. The lowest BCUT2D eigenvalue weighted by Gasteiger charge is -2.39. The second-order valence-electron chi connectivity index (χ2n) is 6.73. The standard InChI is InChI=1S/C19H28N2O4/c1-20(17-6-4-3-5-7-17)10-8-16-13-21(18(22)14-25-2)11-9-15(16)12-19(23)24/h3-7,15-16H,8-14H2,1-2H3,(H,23,24). The van der Waals surface area contributed by atoms with Crippen molar-refractivity contribution < 1.29 is 19.4 Å². The first kappa shape index (κ1) is 19.2. The third-order valence-electron chi connectivity index (χ3n) is 4.98. The van der Waals surface area contributed by atoms with Gasteiger partial charge < -0.3 is 19.6 Å². The van der Waals surface area contributed by atoms with Crippen molar-refractivity contribution in [3.05, 3.63) is 30.3 Å². The van der Waals surface area contributed by atoms with Gasteiger partial charge in [0.2, 0.25) is 5.91 Å². The first-order valence-corrected chi connectivity index (χ1v) is 8.76. The van der Waals surface area contributed by atoms with Crippen LogP contribution in [-0.4, -0.2) is 62.3 Å². The smallest absolute Gasteiger partial charge is 0.303 e. The number of carboxylic acids is 1. The minimum atomic E-state index is -0.761. The van der Waals surface area contributed by atoms with Gasteiger partial charge in [0.15, 0.2) is 0 Å². The van der Waals surface area contributed by atoms with E-state index in [4.69, 9.17) is 4.74 Å². The molecular formula is C19H28N2O4. The number of rotatable bonds is 8. The van der Waals surface area contributed by atoms with Crippen LogP contribution in [0.5, 0.6) is 0 Å². The summed E-state index contributed by atoms with van der Waals surface area (Å²) < 4.78 is 4.95. The Morgan fingerprint density at radius 1 is 1.28 bits per heavy atom. The molecule has 2 unspecified atom stereocenters. The fraction of sp³-hybridized carbons (Fsp3) is 0.579. The summed E-state index contributed by atoms with van der Waals surface area (Å²) >= 11 is 0. The van der Waals surface area contributed by atoms with Crippen LogP contribution in [0.25, 0.3) is 0 Å². The monoisotopic (exact) mass is 348 g/mol. The summed E-state index contributed by atoms with van der Waals surface area (Å²) in [5, 5.41) is 9.19. The van der Waals surface area contributed by atoms with Gasteiger partial charge in [-0.25, -0.2) is 0 Å². The highest BCUT2D eigenvalue weighted by molar-refractivity contribution is 5.77. The van der Waals surface area contributed by atoms with Crippen LogP contribution in [0, 0.1) is 11.8 Å². The maximum atomic E-state index is 12.1. The van der Waals surface area contributed by atoms with E-state index in [0.717, 1.165) is 25.1 Å². The van der Waals surface area contributed by atoms with Gasteiger partial charge in [-0.15, -0.1) is 0 Å². The first-order chi connectivity index (χ1) is 12.0. The summed E-state index contributed by atoms with van der Waals surface area (Å²) in [6.45, 7) is 2.14. The molecule has 1 amide bonds. The van der Waals surface area contributed by atoms with Crippen molar-refractivity contribution in [3.8, 4) is 0 Å². The normalized spacial score (nSPS) is 20.3. The molecule has 0 bridgehead atoms. The van der Waals surface area contributed by atoms with Crippen LogP contribution >= 0.6 is 0 Å². The number of methoxy groups -OCH3 is 1. The highest BCUT2D eigenvalue weighted by atomic mass is 16.5. The Balaban J connectivity index is 1.97. The second kappa shape index (κ2) is 9.42. The number of benzene rings is 1. The summed E-state index contributed by atoms with van der Waals surface area (Å²) in [7, 11) is 3.56. The molecule has 0 saturated carbocycles. The SMILES string of the molecule is COCC(=O)N1CCC(CC(=O)O)C(CCN(C)c2ccccc2)C1. The molecule has 1 heterocycles. The van der Waals surface area contributed by atoms with Crippen molar-refractivity contribution in [3.63, 3.8) is 0 Å². The van der Waals surface area contributed by atoms with E-state index in [-0.39, 0.29) is 30.8 Å². The van der Waals surface area contributed by atoms with Gasteiger partial charge in [0.1, 0.15) is 6.61 Å². The van der Waals surface area contributed by atoms with Gasteiger partial charge in [-0.1, -0.05) is 18.2 Å². The zero-order chi connectivity index (χ0) is 18.2. The number of hydrogen-bond donors (Lipinski definition) is 1. The lowest BCUT2D eigenvalue weighted by Crippen LogP contribution is -2.46. The first-order valence-electron chi connectivity index (χ1n) is 8.76. The number of para-hydroxylation sites is 1. The zero-order valence-electron chi connectivity index (χ0n) is 15.1. The van der Waals surface area contributed by atoms with Crippen molar-refractivity contribution in [2.75, 3.05) is 45.3 Å². The van der Waals surface area contributed by atoms with Crippen molar-refractivity contribution in [2.24, 2.45) is 11.8 Å². The van der Waals surface area contributed by atoms with E-state index < -0.39 is 5.97 Å². The number of likely N-dealkylation sites (tertiary alicyclic amines) is 1. The number of carboxylic acid groups (broad SMARTS) is 1. The molecule has 0 spiro atoms. The van der Waals surface area contributed by atoms with Gasteiger partial charge in [0.25, 0.3) is 0 Å². The second-order valence-corrected chi connectivity index (χ2v) is 6.73. The summed E-state index contributed by atoms with van der Waals surface area (Å²) in [4.78, 5) is 27.3. The number of carbonyl (C=O) groups is 2. The van der Waals surface area contributed by atoms with Gasteiger partial charge in [-0.05, 0) is 36.8 Å². The molecule has 138 valence electrons. The largest absolute Gasteiger partial charge is 0.481 e. The molecular weight excluding hydrogens is 320 g/mol. The van der Waals surface area contributed by atoms with Gasteiger partial charge in [-0.2, -0.15) is 0 Å². The van der Waals surface area contributed by atoms with E-state index in [9.17, 15) is 14.7 Å². The number of carbonyl (C=O) groups excluding carboxylic acids is 1. The number of hydrogen-bond acceptors (Lipinski definition) is 4. The van der Waals surface area contributed by atoms with Crippen LogP contribution in [-0.2, 0) is 14.3 Å². The number of ether oxygens (including phenoxy) is 1. The third-order valence-corrected chi connectivity index (χ3v) is 4.98. The summed E-state index contributed by atoms with van der Waals surface area (Å²) in [6, 6.07) is 10.1. The summed E-state index contributed by atoms with van der Waals surface area (Å²) in [5.74, 6) is -0.467. The minimum absolute atomic E-state index is 0.0160. The lowest BCUT2D eigenvalue weighted by atomic mass is 9.81. The van der Waals surface area contributed by atoms with Crippen LogP contribution in [0.4, 0.5) is 5.69 Å². The molecule has 0 radical (unpaired) electrons. The molecule has 1 aromatic carbocycles. The van der Waals surface area contributed by atoms with Gasteiger partial charge in [0, 0.05) is 45.9 Å². The van der Waals surface area contributed by atoms with Gasteiger partial charge in [0.05, 0.1) is 0 Å². The van der Waals surface area contributed by atoms with Crippen LogP contribution in [0.15, 0.2) is 30.3 Å². The molecule has 0 aromatic heterocycles. The lowest BCUT2D eigenvalue weighted by molar-refractivity contribution is -0.141. The minimum Gasteiger partial charge on any atom is -0.481 e. The van der Waals surface area contributed by atoms with E-state index >= 15 is 0 Å². The van der Waals surface area contributed by atoms with E-state index in [1.807, 2.05) is 30.1 Å². The molecule has 1 N–H and O–H groups in total. The summed E-state index contributed by atoms with van der Waals surface area (Å²) in [6.07, 6.45) is 1.77. The van der Waals surface area contributed by atoms with Crippen molar-refractivity contribution >= 4 is 17.6 Å². The maximum absolute atomic E-state index is 12.1. The molecule has 1 saturated heterocycles. The van der Waals surface area contributed by atoms with E-state index in [2.05, 4.69) is 17.0 Å². The Bertz CT molecular complexity index is 564. The molecule has 1 aliphatic heterocycles. The van der Waals surface area contributed by atoms with Gasteiger partial charge in [-0.3, -0.25) is 9.59 Å². The summed E-state index contributed by atoms with van der Waals surface area (Å²) in [5.41, 5.74) is 1.14.